The number of rotatable bonds is 3. The average molecular weight is 699 g/mol. The fourth-order valence-corrected chi connectivity index (χ4v) is 11.0. The number of hydrogen-bond donors (Lipinski definition) is 0. The lowest BCUT2D eigenvalue weighted by Gasteiger charge is -2.47. The first-order chi connectivity index (χ1) is 24.2. The smallest absolute Gasteiger partial charge is 0.172 e. The van der Waals surface area contributed by atoms with E-state index in [9.17, 15) is 9.59 Å². The minimum Gasteiger partial charge on any atom is -0.378 e. The van der Waals surface area contributed by atoms with Gasteiger partial charge in [-0.05, 0) is 62.0 Å². The minimum atomic E-state index is -0.776. The minimum absolute atomic E-state index is 0.0117. The zero-order chi connectivity index (χ0) is 34.3. The molecule has 11 heteroatoms. The summed E-state index contributed by atoms with van der Waals surface area (Å²) in [7, 11) is 1.64. The SMILES string of the molecule is C=C1C[C@@H]2CC[C@@]34CC5OC6C(O3)[C@H]3OC(CCC3O[C@H]6C5O4)CC(=O)CC3C(CC4OC(CCC1O2)CC(C)C4=C)OC(CC=O)[C@@H]3OC. The Labute approximate surface area is 295 Å². The van der Waals surface area contributed by atoms with Crippen molar-refractivity contribution in [1.29, 1.82) is 0 Å². The highest BCUT2D eigenvalue weighted by Crippen LogP contribution is 2.54. The van der Waals surface area contributed by atoms with Crippen molar-refractivity contribution < 1.29 is 52.2 Å². The van der Waals surface area contributed by atoms with E-state index in [-0.39, 0.29) is 122 Å². The summed E-state index contributed by atoms with van der Waals surface area (Å²) in [5.74, 6) is -0.608. The summed E-state index contributed by atoms with van der Waals surface area (Å²) in [4.78, 5) is 25.6. The summed E-state index contributed by atoms with van der Waals surface area (Å²) >= 11 is 0. The number of ketones is 1. The second kappa shape index (κ2) is 13.4. The van der Waals surface area contributed by atoms with Crippen LogP contribution in [-0.2, 0) is 52.2 Å². The van der Waals surface area contributed by atoms with Gasteiger partial charge in [0.05, 0.1) is 61.0 Å². The van der Waals surface area contributed by atoms with Crippen molar-refractivity contribution in [2.45, 2.75) is 188 Å². The first-order valence-electron chi connectivity index (χ1n) is 19.3. The van der Waals surface area contributed by atoms with Crippen LogP contribution in [0.5, 0.6) is 0 Å². The number of hydrogen-bond acceptors (Lipinski definition) is 11. The maximum Gasteiger partial charge on any atom is 0.172 e. The highest BCUT2D eigenvalue weighted by molar-refractivity contribution is 5.79. The molecule has 0 aliphatic carbocycles. The van der Waals surface area contributed by atoms with E-state index in [2.05, 4.69) is 20.1 Å². The first-order valence-corrected chi connectivity index (χ1v) is 19.3. The Morgan fingerprint density at radius 1 is 0.760 bits per heavy atom. The molecule has 0 aromatic rings. The number of Topliss-reactive ketones (excluding diaryl/α,β-unsaturated/α-hetero) is 1. The number of aldehydes is 1. The van der Waals surface area contributed by atoms with E-state index < -0.39 is 11.9 Å². The van der Waals surface area contributed by atoms with E-state index in [1.807, 2.05) is 0 Å². The van der Waals surface area contributed by atoms with Crippen molar-refractivity contribution in [1.82, 2.24) is 0 Å². The molecule has 1 spiro atoms. The van der Waals surface area contributed by atoms with Crippen LogP contribution in [0, 0.1) is 11.8 Å². The quantitative estimate of drug-likeness (QED) is 0.310. The Kier molecular flexibility index (Phi) is 9.17. The lowest BCUT2D eigenvalue weighted by Crippen LogP contribution is -2.61. The van der Waals surface area contributed by atoms with Crippen molar-refractivity contribution in [3.63, 3.8) is 0 Å². The first kappa shape index (κ1) is 34.2. The van der Waals surface area contributed by atoms with Gasteiger partial charge in [0.15, 0.2) is 5.79 Å². The Bertz CT molecular complexity index is 1350. The summed E-state index contributed by atoms with van der Waals surface area (Å²) in [5.41, 5.74) is 2.20. The highest BCUT2D eigenvalue weighted by Gasteiger charge is 2.68. The van der Waals surface area contributed by atoms with Gasteiger partial charge < -0.3 is 47.4 Å². The van der Waals surface area contributed by atoms with Crippen LogP contribution in [0.3, 0.4) is 0 Å². The lowest BCUT2D eigenvalue weighted by molar-refractivity contribution is -0.292. The fraction of sp³-hybridized carbons (Fsp3) is 0.846. The Hall–Kier alpha value is -1.54. The molecule has 10 fully saturated rings. The molecule has 10 aliphatic heterocycles. The van der Waals surface area contributed by atoms with Crippen LogP contribution in [0.25, 0.3) is 0 Å². The highest BCUT2D eigenvalue weighted by atomic mass is 16.8. The normalized spacial score (nSPS) is 53.2. The zero-order valence-electron chi connectivity index (χ0n) is 29.5. The number of methoxy groups -OCH3 is 1. The van der Waals surface area contributed by atoms with Crippen LogP contribution < -0.4 is 0 Å². The molecule has 11 nitrogen and oxygen atoms in total. The third kappa shape index (κ3) is 6.00. The summed E-state index contributed by atoms with van der Waals surface area (Å²) < 4.78 is 59.6. The van der Waals surface area contributed by atoms with Crippen LogP contribution in [0.1, 0.15) is 90.4 Å². The second-order valence-electron chi connectivity index (χ2n) is 16.7. The zero-order valence-corrected chi connectivity index (χ0v) is 29.5. The number of fused-ring (bicyclic) bond motifs is 6. The molecule has 18 atom stereocenters. The van der Waals surface area contributed by atoms with E-state index in [4.69, 9.17) is 42.6 Å². The van der Waals surface area contributed by atoms with Crippen molar-refractivity contribution in [2.24, 2.45) is 11.8 Å². The van der Waals surface area contributed by atoms with Gasteiger partial charge in [0.1, 0.15) is 42.6 Å². The molecule has 10 saturated heterocycles. The van der Waals surface area contributed by atoms with Crippen LogP contribution >= 0.6 is 0 Å². The van der Waals surface area contributed by atoms with Crippen LogP contribution in [0.4, 0.5) is 0 Å². The van der Waals surface area contributed by atoms with Gasteiger partial charge in [-0.3, -0.25) is 4.79 Å². The van der Waals surface area contributed by atoms with Crippen molar-refractivity contribution in [3.8, 4) is 0 Å². The Morgan fingerprint density at radius 2 is 1.52 bits per heavy atom. The van der Waals surface area contributed by atoms with E-state index in [0.717, 1.165) is 62.4 Å². The maximum atomic E-state index is 13.9. The van der Waals surface area contributed by atoms with E-state index in [1.54, 1.807) is 7.11 Å². The Balaban J connectivity index is 0.996. The molecular weight excluding hydrogens is 644 g/mol. The predicted molar refractivity (Wildman–Crippen MR) is 177 cm³/mol. The standard InChI is InChI=1S/C39H54O11/c1-19-13-23-5-7-27-20(2)14-25(43-27)9-11-39-18-32-35(49-39)36-37(48-32)38(50-39)34-28(47-36)8-6-24(45-34)15-22(41)16-26-31(17-30(44-23)21(19)3)46-29(10-12-40)33(26)42-4/h12,19,23-38H,2-3,5-11,13-18H2,1,4H3/t19?,23?,24?,25-,26?,27?,28?,29?,30?,31?,32?,33+,34-,35?,36-,37?,38?,39-/m0/s1. The van der Waals surface area contributed by atoms with Gasteiger partial charge in [-0.15, -0.1) is 0 Å². The third-order valence-electron chi connectivity index (χ3n) is 13.5. The summed E-state index contributed by atoms with van der Waals surface area (Å²) in [6, 6.07) is 0. The summed E-state index contributed by atoms with van der Waals surface area (Å²) in [6.45, 7) is 11.1. The molecule has 50 heavy (non-hydrogen) atoms. The van der Waals surface area contributed by atoms with E-state index in [0.29, 0.717) is 19.3 Å². The number of ether oxygens (including phenoxy) is 9. The molecule has 0 amide bonds. The molecule has 0 aromatic carbocycles. The monoisotopic (exact) mass is 698 g/mol. The van der Waals surface area contributed by atoms with Crippen LogP contribution in [-0.4, -0.2) is 117 Å². The van der Waals surface area contributed by atoms with Crippen molar-refractivity contribution in [2.75, 3.05) is 7.11 Å². The maximum absolute atomic E-state index is 13.9. The molecule has 10 rings (SSSR count). The molecule has 0 N–H and O–H groups in total. The molecule has 0 saturated carbocycles. The molecule has 10 heterocycles. The van der Waals surface area contributed by atoms with Crippen molar-refractivity contribution in [3.05, 3.63) is 24.3 Å². The molecule has 0 aromatic heterocycles. The van der Waals surface area contributed by atoms with Gasteiger partial charge in [0.25, 0.3) is 0 Å². The molecule has 13 unspecified atom stereocenters. The van der Waals surface area contributed by atoms with E-state index >= 15 is 0 Å². The van der Waals surface area contributed by atoms with Gasteiger partial charge >= 0.3 is 0 Å². The topological polar surface area (TPSA) is 117 Å². The van der Waals surface area contributed by atoms with Gasteiger partial charge in [-0.25, -0.2) is 0 Å². The predicted octanol–water partition coefficient (Wildman–Crippen LogP) is 4.32. The summed E-state index contributed by atoms with van der Waals surface area (Å²) in [5, 5.41) is 0. The molecule has 0 radical (unpaired) electrons. The third-order valence-corrected chi connectivity index (χ3v) is 13.5. The van der Waals surface area contributed by atoms with Gasteiger partial charge in [0.2, 0.25) is 0 Å². The number of carbonyl (C=O) groups is 2. The van der Waals surface area contributed by atoms with E-state index in [1.165, 1.54) is 0 Å². The largest absolute Gasteiger partial charge is 0.378 e. The summed E-state index contributed by atoms with van der Waals surface area (Å²) in [6.07, 6.45) is 6.39. The van der Waals surface area contributed by atoms with Crippen LogP contribution in [0.2, 0.25) is 0 Å². The fourth-order valence-electron chi connectivity index (χ4n) is 11.0. The molecule has 12 bridgehead atoms. The average Bonchev–Trinajstić information content (AvgIpc) is 3.76. The lowest BCUT2D eigenvalue weighted by atomic mass is 9.81. The molecule has 10 aliphatic rings. The Morgan fingerprint density at radius 3 is 2.36 bits per heavy atom. The van der Waals surface area contributed by atoms with Gasteiger partial charge in [-0.1, -0.05) is 20.1 Å². The molecule has 276 valence electrons. The van der Waals surface area contributed by atoms with Gasteiger partial charge in [-0.2, -0.15) is 0 Å². The molecular formula is C39H54O11. The number of carbonyl (C=O) groups excluding carboxylic acids is 2. The van der Waals surface area contributed by atoms with Gasteiger partial charge in [0, 0.05) is 51.6 Å². The second-order valence-corrected chi connectivity index (χ2v) is 16.7. The van der Waals surface area contributed by atoms with Crippen molar-refractivity contribution >= 4 is 12.1 Å². The van der Waals surface area contributed by atoms with Crippen LogP contribution in [0.15, 0.2) is 24.3 Å².